The number of carbonyl (C=O) groups excluding carboxylic acids is 2. The van der Waals surface area contributed by atoms with Crippen molar-refractivity contribution in [3.63, 3.8) is 0 Å². The monoisotopic (exact) mass is 301 g/mol. The third kappa shape index (κ3) is 3.00. The molecule has 1 saturated heterocycles. The Bertz CT molecular complexity index is 639. The average Bonchev–Trinajstić information content (AvgIpc) is 2.75. The summed E-state index contributed by atoms with van der Waals surface area (Å²) in [7, 11) is 1.60. The van der Waals surface area contributed by atoms with Gasteiger partial charge in [0.1, 0.15) is 11.3 Å². The maximum absolute atomic E-state index is 12.1. The third-order valence-electron chi connectivity index (χ3n) is 3.63. The Morgan fingerprint density at radius 3 is 2.73 bits per heavy atom. The van der Waals surface area contributed by atoms with Gasteiger partial charge in [0.2, 0.25) is 0 Å². The fourth-order valence-corrected chi connectivity index (χ4v) is 2.07. The molecular formula is C16H19N3O3. The zero-order valence-electron chi connectivity index (χ0n) is 12.9. The number of hydrogen-bond donors (Lipinski definition) is 1. The Labute approximate surface area is 129 Å². The van der Waals surface area contributed by atoms with Crippen LogP contribution >= 0.6 is 0 Å². The minimum Gasteiger partial charge on any atom is -0.496 e. The van der Waals surface area contributed by atoms with Gasteiger partial charge in [0.25, 0.3) is 5.91 Å². The number of benzene rings is 1. The number of hydrazone groups is 1. The summed E-state index contributed by atoms with van der Waals surface area (Å²) in [6.45, 7) is 3.53. The largest absolute Gasteiger partial charge is 0.496 e. The lowest BCUT2D eigenvalue weighted by molar-refractivity contribution is -0.130. The van der Waals surface area contributed by atoms with Gasteiger partial charge in [0, 0.05) is 11.8 Å². The summed E-state index contributed by atoms with van der Waals surface area (Å²) >= 11 is 0. The van der Waals surface area contributed by atoms with Crippen molar-refractivity contribution in [1.29, 1.82) is 0 Å². The Balaban J connectivity index is 2.08. The van der Waals surface area contributed by atoms with Crippen LogP contribution in [0.5, 0.6) is 5.75 Å². The Kier molecular flexibility index (Phi) is 4.60. The normalized spacial score (nSPS) is 21.9. The lowest BCUT2D eigenvalue weighted by atomic mass is 10.00. The highest BCUT2D eigenvalue weighted by Gasteiger charge is 2.46. The quantitative estimate of drug-likeness (QED) is 0.670. The van der Waals surface area contributed by atoms with Gasteiger partial charge < -0.3 is 10.1 Å². The fourth-order valence-electron chi connectivity index (χ4n) is 2.07. The molecule has 1 fully saturated rings. The molecule has 1 aromatic rings. The van der Waals surface area contributed by atoms with Crippen molar-refractivity contribution in [2.24, 2.45) is 5.10 Å². The van der Waals surface area contributed by atoms with E-state index in [0.29, 0.717) is 6.42 Å². The van der Waals surface area contributed by atoms with E-state index in [9.17, 15) is 9.59 Å². The van der Waals surface area contributed by atoms with Crippen molar-refractivity contribution >= 4 is 24.2 Å². The first-order valence-corrected chi connectivity index (χ1v) is 7.02. The zero-order valence-corrected chi connectivity index (χ0v) is 12.9. The van der Waals surface area contributed by atoms with Crippen molar-refractivity contribution in [2.75, 3.05) is 7.11 Å². The van der Waals surface area contributed by atoms with Gasteiger partial charge in [0.05, 0.1) is 7.11 Å². The smallest absolute Gasteiger partial charge is 0.346 e. The lowest BCUT2D eigenvalue weighted by Gasteiger charge is -2.17. The number of urea groups is 1. The average molecular weight is 301 g/mol. The summed E-state index contributed by atoms with van der Waals surface area (Å²) in [5.74, 6) is 0.391. The predicted octanol–water partition coefficient (Wildman–Crippen LogP) is 2.41. The number of carbonyl (C=O) groups is 2. The van der Waals surface area contributed by atoms with Gasteiger partial charge in [-0.15, -0.1) is 5.01 Å². The molecule has 1 aliphatic rings. The van der Waals surface area contributed by atoms with E-state index in [-0.39, 0.29) is 5.91 Å². The molecule has 6 heteroatoms. The fraction of sp³-hybridized carbons (Fsp3) is 0.312. The molecule has 1 N–H and O–H groups in total. The number of amides is 3. The molecule has 0 aromatic heterocycles. The molecule has 1 heterocycles. The van der Waals surface area contributed by atoms with Gasteiger partial charge in [-0.1, -0.05) is 25.1 Å². The summed E-state index contributed by atoms with van der Waals surface area (Å²) < 4.78 is 5.23. The topological polar surface area (TPSA) is 71.0 Å². The van der Waals surface area contributed by atoms with Crippen LogP contribution in [0.2, 0.25) is 0 Å². The van der Waals surface area contributed by atoms with Crippen molar-refractivity contribution in [1.82, 2.24) is 10.3 Å². The predicted molar refractivity (Wildman–Crippen MR) is 84.6 cm³/mol. The summed E-state index contributed by atoms with van der Waals surface area (Å²) in [5.41, 5.74) is 0.00731. The number of hydrogen-bond acceptors (Lipinski definition) is 4. The summed E-state index contributed by atoms with van der Waals surface area (Å²) in [6.07, 6.45) is 5.37. The standard InChI is InChI=1S/C16H19N3O3/c1-4-16(2)14(20)19(15(21)18-16)17-11-7-9-12-8-5-6-10-13(12)22-3/h5-11H,4H2,1-3H3,(H,18,21)/b9-7+,17-11+. The maximum atomic E-state index is 12.1. The third-order valence-corrected chi connectivity index (χ3v) is 3.63. The second-order valence-electron chi connectivity index (χ2n) is 5.10. The van der Waals surface area contributed by atoms with E-state index in [0.717, 1.165) is 16.3 Å². The molecule has 0 radical (unpaired) electrons. The molecule has 2 rings (SSSR count). The van der Waals surface area contributed by atoms with Crippen molar-refractivity contribution in [3.8, 4) is 5.75 Å². The molecule has 116 valence electrons. The van der Waals surface area contributed by atoms with Crippen LogP contribution in [0.25, 0.3) is 6.08 Å². The molecule has 0 aliphatic carbocycles. The number of para-hydroxylation sites is 1. The number of ether oxygens (including phenoxy) is 1. The Morgan fingerprint density at radius 2 is 2.09 bits per heavy atom. The first-order chi connectivity index (χ1) is 10.5. The SMILES string of the molecule is CCC1(C)NC(=O)N(/N=C/C=C/c2ccccc2OC)C1=O. The minimum absolute atomic E-state index is 0.345. The summed E-state index contributed by atoms with van der Waals surface area (Å²) in [4.78, 5) is 23.9. The van der Waals surface area contributed by atoms with Crippen LogP contribution in [-0.2, 0) is 4.79 Å². The summed E-state index contributed by atoms with van der Waals surface area (Å²) in [6, 6.07) is 7.01. The molecule has 1 unspecified atom stereocenters. The molecule has 0 bridgehead atoms. The van der Waals surface area contributed by atoms with Gasteiger partial charge in [-0.05, 0) is 31.6 Å². The van der Waals surface area contributed by atoms with E-state index in [2.05, 4.69) is 10.4 Å². The van der Waals surface area contributed by atoms with Crippen LogP contribution in [0.3, 0.4) is 0 Å². The Morgan fingerprint density at radius 1 is 1.36 bits per heavy atom. The summed E-state index contributed by atoms with van der Waals surface area (Å²) in [5, 5.41) is 7.41. The number of methoxy groups -OCH3 is 1. The second kappa shape index (κ2) is 6.43. The number of rotatable bonds is 5. The lowest BCUT2D eigenvalue weighted by Crippen LogP contribution is -2.42. The molecule has 1 atom stereocenters. The molecule has 1 aliphatic heterocycles. The van der Waals surface area contributed by atoms with E-state index in [4.69, 9.17) is 4.74 Å². The van der Waals surface area contributed by atoms with Gasteiger partial charge in [-0.3, -0.25) is 4.79 Å². The van der Waals surface area contributed by atoms with Crippen LogP contribution < -0.4 is 10.1 Å². The van der Waals surface area contributed by atoms with Gasteiger partial charge in [-0.25, -0.2) is 4.79 Å². The first-order valence-electron chi connectivity index (χ1n) is 7.02. The van der Waals surface area contributed by atoms with Crippen LogP contribution in [0, 0.1) is 0 Å². The van der Waals surface area contributed by atoms with Gasteiger partial charge >= 0.3 is 6.03 Å². The molecule has 0 saturated carbocycles. The number of nitrogens with zero attached hydrogens (tertiary/aromatic N) is 2. The highest BCUT2D eigenvalue weighted by molar-refractivity contribution is 6.07. The number of imide groups is 1. The highest BCUT2D eigenvalue weighted by Crippen LogP contribution is 2.21. The molecule has 1 aromatic carbocycles. The van der Waals surface area contributed by atoms with Crippen molar-refractivity contribution in [2.45, 2.75) is 25.8 Å². The van der Waals surface area contributed by atoms with E-state index < -0.39 is 11.6 Å². The minimum atomic E-state index is -0.874. The Hall–Kier alpha value is -2.63. The van der Waals surface area contributed by atoms with Crippen LogP contribution in [0.15, 0.2) is 35.4 Å². The molecule has 6 nitrogen and oxygen atoms in total. The van der Waals surface area contributed by atoms with E-state index in [1.54, 1.807) is 26.2 Å². The van der Waals surface area contributed by atoms with Crippen LogP contribution in [0.1, 0.15) is 25.8 Å². The van der Waals surface area contributed by atoms with Gasteiger partial charge in [-0.2, -0.15) is 5.10 Å². The molecule has 3 amide bonds. The van der Waals surface area contributed by atoms with E-state index in [1.807, 2.05) is 31.2 Å². The van der Waals surface area contributed by atoms with E-state index in [1.165, 1.54) is 6.21 Å². The van der Waals surface area contributed by atoms with Gasteiger partial charge in [0.15, 0.2) is 0 Å². The van der Waals surface area contributed by atoms with E-state index >= 15 is 0 Å². The molecule has 0 spiro atoms. The van der Waals surface area contributed by atoms with Crippen LogP contribution in [-0.4, -0.2) is 35.8 Å². The van der Waals surface area contributed by atoms with Crippen molar-refractivity contribution in [3.05, 3.63) is 35.9 Å². The van der Waals surface area contributed by atoms with Crippen LogP contribution in [0.4, 0.5) is 4.79 Å². The maximum Gasteiger partial charge on any atom is 0.346 e. The molecular weight excluding hydrogens is 282 g/mol. The highest BCUT2D eigenvalue weighted by atomic mass is 16.5. The van der Waals surface area contributed by atoms with Crippen molar-refractivity contribution < 1.29 is 14.3 Å². The first kappa shape index (κ1) is 15.8. The number of allylic oxidation sites excluding steroid dienone is 1. The zero-order chi connectivity index (χ0) is 16.2. The molecule has 22 heavy (non-hydrogen) atoms. The second-order valence-corrected chi connectivity index (χ2v) is 5.10. The number of nitrogens with one attached hydrogen (secondary N) is 1.